The fraction of sp³-hybridized carbons (Fsp3) is 0.130. The van der Waals surface area contributed by atoms with E-state index in [1.165, 1.54) is 31.9 Å². The molecule has 0 radical (unpaired) electrons. The molecule has 0 aliphatic rings. The standard InChI is InChI=1S/C46H40F2Si2/c1-49(2,3)35-19-11-31(12-20-35)43-27-41(29-7-15-33(47)16-8-29)37-24-26-40-44(32-13-21-36(22-14-32)50(4,5)6)28-42(30-9-17-34(48)18-10-30)38-23-25-39(43)45(37)46(38)40/h7-28H,1-6H3. The second kappa shape index (κ2) is 11.9. The van der Waals surface area contributed by atoms with Crippen molar-refractivity contribution in [2.45, 2.75) is 39.3 Å². The van der Waals surface area contributed by atoms with Gasteiger partial charge in [-0.2, -0.15) is 0 Å². The van der Waals surface area contributed by atoms with Gasteiger partial charge in [0.2, 0.25) is 0 Å². The minimum absolute atomic E-state index is 0.248. The largest absolute Gasteiger partial charge is 0.207 e. The minimum atomic E-state index is -1.48. The fourth-order valence-electron chi connectivity index (χ4n) is 7.51. The van der Waals surface area contributed by atoms with Crippen LogP contribution >= 0.6 is 0 Å². The van der Waals surface area contributed by atoms with E-state index in [0.29, 0.717) is 0 Å². The van der Waals surface area contributed by atoms with Crippen LogP contribution in [0.2, 0.25) is 39.3 Å². The van der Waals surface area contributed by atoms with Gasteiger partial charge in [-0.05, 0) is 113 Å². The van der Waals surface area contributed by atoms with Gasteiger partial charge in [-0.15, -0.1) is 0 Å². The van der Waals surface area contributed by atoms with Crippen molar-refractivity contribution in [3.05, 3.63) is 145 Å². The third-order valence-corrected chi connectivity index (χ3v) is 14.5. The molecule has 8 aromatic rings. The quantitative estimate of drug-likeness (QED) is 0.121. The summed E-state index contributed by atoms with van der Waals surface area (Å²) in [6, 6.07) is 45.6. The van der Waals surface area contributed by atoms with E-state index in [4.69, 9.17) is 0 Å². The molecule has 8 rings (SSSR count). The first kappa shape index (κ1) is 32.3. The van der Waals surface area contributed by atoms with E-state index in [1.807, 2.05) is 24.3 Å². The molecule has 0 saturated heterocycles. The summed E-state index contributed by atoms with van der Waals surface area (Å²) in [5.41, 5.74) is 8.73. The average Bonchev–Trinajstić information content (AvgIpc) is 3.10. The van der Waals surface area contributed by atoms with Crippen LogP contribution in [0.4, 0.5) is 8.78 Å². The molecule has 0 bridgehead atoms. The number of halogens is 2. The summed E-state index contributed by atoms with van der Waals surface area (Å²) in [5.74, 6) is -0.496. The molecular weight excluding hydrogens is 647 g/mol. The zero-order chi connectivity index (χ0) is 34.9. The Labute approximate surface area is 295 Å². The van der Waals surface area contributed by atoms with Crippen molar-refractivity contribution < 1.29 is 8.78 Å². The molecule has 50 heavy (non-hydrogen) atoms. The molecule has 0 amide bonds. The monoisotopic (exact) mass is 686 g/mol. The average molecular weight is 687 g/mol. The Balaban J connectivity index is 1.50. The third-order valence-electron chi connectivity index (χ3n) is 10.3. The Morgan fingerprint density at radius 2 is 0.560 bits per heavy atom. The lowest BCUT2D eigenvalue weighted by molar-refractivity contribution is 0.627. The molecule has 0 aliphatic carbocycles. The lowest BCUT2D eigenvalue weighted by atomic mass is 9.82. The predicted molar refractivity (Wildman–Crippen MR) is 218 cm³/mol. The number of hydrogen-bond acceptors (Lipinski definition) is 0. The first-order chi connectivity index (χ1) is 23.9. The summed E-state index contributed by atoms with van der Waals surface area (Å²) >= 11 is 0. The molecule has 0 atom stereocenters. The molecule has 0 aliphatic heterocycles. The molecule has 246 valence electrons. The van der Waals surface area contributed by atoms with Gasteiger partial charge >= 0.3 is 0 Å². The molecule has 0 aromatic heterocycles. The lowest BCUT2D eigenvalue weighted by Crippen LogP contribution is -2.37. The highest BCUT2D eigenvalue weighted by atomic mass is 28.3. The van der Waals surface area contributed by atoms with Crippen molar-refractivity contribution in [2.24, 2.45) is 0 Å². The van der Waals surface area contributed by atoms with Gasteiger partial charge in [0, 0.05) is 0 Å². The van der Waals surface area contributed by atoms with Crippen molar-refractivity contribution >= 4 is 58.8 Å². The summed E-state index contributed by atoms with van der Waals surface area (Å²) in [4.78, 5) is 0. The highest BCUT2D eigenvalue weighted by Gasteiger charge is 2.23. The summed E-state index contributed by atoms with van der Waals surface area (Å²) in [6.45, 7) is 14.2. The minimum Gasteiger partial charge on any atom is -0.207 e. The van der Waals surface area contributed by atoms with Gasteiger partial charge in [0.05, 0.1) is 16.1 Å². The number of hydrogen-bond donors (Lipinski definition) is 0. The Morgan fingerprint density at radius 3 is 0.800 bits per heavy atom. The van der Waals surface area contributed by atoms with Crippen molar-refractivity contribution in [1.29, 1.82) is 0 Å². The molecule has 0 N–H and O–H groups in total. The summed E-state index contributed by atoms with van der Waals surface area (Å²) in [6.07, 6.45) is 0. The molecular formula is C46H40F2Si2. The molecule has 0 saturated carbocycles. The maximum atomic E-state index is 14.2. The molecule has 0 unspecified atom stereocenters. The maximum Gasteiger partial charge on any atom is 0.123 e. The topological polar surface area (TPSA) is 0 Å². The van der Waals surface area contributed by atoms with Gasteiger partial charge in [-0.25, -0.2) is 8.78 Å². The number of rotatable bonds is 6. The molecule has 0 fully saturated rings. The lowest BCUT2D eigenvalue weighted by Gasteiger charge is -2.22. The van der Waals surface area contributed by atoms with Crippen LogP contribution in [-0.2, 0) is 0 Å². The second-order valence-corrected chi connectivity index (χ2v) is 25.8. The van der Waals surface area contributed by atoms with E-state index in [2.05, 4.69) is 124 Å². The zero-order valence-corrected chi connectivity index (χ0v) is 31.5. The van der Waals surface area contributed by atoms with Crippen LogP contribution in [-0.4, -0.2) is 16.1 Å². The van der Waals surface area contributed by atoms with E-state index < -0.39 is 16.1 Å². The zero-order valence-electron chi connectivity index (χ0n) is 29.5. The van der Waals surface area contributed by atoms with E-state index in [9.17, 15) is 8.78 Å². The summed E-state index contributed by atoms with van der Waals surface area (Å²) in [7, 11) is -2.97. The summed E-state index contributed by atoms with van der Waals surface area (Å²) < 4.78 is 28.5. The maximum absolute atomic E-state index is 14.2. The van der Waals surface area contributed by atoms with Crippen LogP contribution in [0.3, 0.4) is 0 Å². The SMILES string of the molecule is C[Si](C)(C)c1ccc(-c2cc(-c3ccc(F)cc3)c3ccc4c(-c5ccc([Si](C)(C)C)cc5)cc(-c5ccc(F)cc5)c5ccc2c3c54)cc1. The highest BCUT2D eigenvalue weighted by molar-refractivity contribution is 6.89. The predicted octanol–water partition coefficient (Wildman–Crippen LogP) is 12.6. The molecule has 4 heteroatoms. The Morgan fingerprint density at radius 1 is 0.320 bits per heavy atom. The fourth-order valence-corrected chi connectivity index (χ4v) is 9.84. The van der Waals surface area contributed by atoms with Crippen LogP contribution in [0.5, 0.6) is 0 Å². The van der Waals surface area contributed by atoms with Gasteiger partial charge in [-0.3, -0.25) is 0 Å². The Hall–Kier alpha value is -4.91. The normalized spacial score (nSPS) is 12.4. The van der Waals surface area contributed by atoms with Crippen LogP contribution in [0.1, 0.15) is 0 Å². The first-order valence-electron chi connectivity index (χ1n) is 17.4. The van der Waals surface area contributed by atoms with Gasteiger partial charge < -0.3 is 0 Å². The van der Waals surface area contributed by atoms with Gasteiger partial charge in [0.25, 0.3) is 0 Å². The highest BCUT2D eigenvalue weighted by Crippen LogP contribution is 2.48. The molecule has 0 heterocycles. The Kier molecular flexibility index (Phi) is 7.66. The van der Waals surface area contributed by atoms with E-state index in [1.54, 1.807) is 24.3 Å². The van der Waals surface area contributed by atoms with Gasteiger partial charge in [0.15, 0.2) is 0 Å². The molecule has 8 aromatic carbocycles. The Bertz CT molecular complexity index is 2340. The van der Waals surface area contributed by atoms with Crippen LogP contribution in [0.25, 0.3) is 76.8 Å². The van der Waals surface area contributed by atoms with E-state index in [0.717, 1.165) is 55.3 Å². The van der Waals surface area contributed by atoms with Crippen LogP contribution in [0.15, 0.2) is 133 Å². The van der Waals surface area contributed by atoms with Crippen LogP contribution in [0, 0.1) is 11.6 Å². The van der Waals surface area contributed by atoms with Gasteiger partial charge in [0.1, 0.15) is 11.6 Å². The number of benzene rings is 8. The van der Waals surface area contributed by atoms with Crippen LogP contribution < -0.4 is 10.4 Å². The third kappa shape index (κ3) is 5.57. The van der Waals surface area contributed by atoms with Crippen molar-refractivity contribution in [3.63, 3.8) is 0 Å². The van der Waals surface area contributed by atoms with E-state index in [-0.39, 0.29) is 11.6 Å². The van der Waals surface area contributed by atoms with E-state index >= 15 is 0 Å². The van der Waals surface area contributed by atoms with Crippen molar-refractivity contribution in [1.82, 2.24) is 0 Å². The first-order valence-corrected chi connectivity index (χ1v) is 24.4. The van der Waals surface area contributed by atoms with Crippen molar-refractivity contribution in [3.8, 4) is 44.5 Å². The van der Waals surface area contributed by atoms with Crippen molar-refractivity contribution in [2.75, 3.05) is 0 Å². The second-order valence-electron chi connectivity index (χ2n) is 15.7. The van der Waals surface area contributed by atoms with Gasteiger partial charge in [-0.1, -0.05) is 147 Å². The smallest absolute Gasteiger partial charge is 0.123 e. The molecule has 0 spiro atoms. The summed E-state index contributed by atoms with van der Waals surface area (Å²) in [5, 5.41) is 9.84. The molecule has 0 nitrogen and oxygen atoms in total.